The van der Waals surface area contributed by atoms with E-state index in [1.54, 1.807) is 11.8 Å². The van der Waals surface area contributed by atoms with Crippen molar-refractivity contribution in [3.8, 4) is 0 Å². The van der Waals surface area contributed by atoms with Crippen molar-refractivity contribution in [1.82, 2.24) is 5.32 Å². The summed E-state index contributed by atoms with van der Waals surface area (Å²) in [5.41, 5.74) is 9.65. The first-order chi connectivity index (χ1) is 12.0. The highest BCUT2D eigenvalue weighted by Crippen LogP contribution is 2.35. The van der Waals surface area contributed by atoms with Gasteiger partial charge in [-0.25, -0.2) is 0 Å². The molecule has 3 N–H and O–H groups in total. The van der Waals surface area contributed by atoms with Crippen molar-refractivity contribution in [3.05, 3.63) is 70.8 Å². The number of amidine groups is 1. The van der Waals surface area contributed by atoms with Crippen LogP contribution in [-0.4, -0.2) is 16.8 Å². The van der Waals surface area contributed by atoms with Crippen molar-refractivity contribution in [2.24, 2.45) is 10.7 Å². The van der Waals surface area contributed by atoms with Gasteiger partial charge >= 0.3 is 0 Å². The number of thioether (sulfide) groups is 1. The molecule has 3 rings (SSSR count). The van der Waals surface area contributed by atoms with Crippen LogP contribution >= 0.6 is 24.2 Å². The van der Waals surface area contributed by atoms with Crippen molar-refractivity contribution in [3.63, 3.8) is 0 Å². The number of hydrogen-bond donors (Lipinski definition) is 2. The minimum Gasteiger partial charge on any atom is -0.379 e. The summed E-state index contributed by atoms with van der Waals surface area (Å²) in [4.78, 5) is 16.9. The van der Waals surface area contributed by atoms with Gasteiger partial charge in [0, 0.05) is 17.9 Å². The fourth-order valence-electron chi connectivity index (χ4n) is 2.90. The van der Waals surface area contributed by atoms with Gasteiger partial charge in [0.15, 0.2) is 5.17 Å². The molecule has 0 saturated heterocycles. The molecule has 0 aromatic heterocycles. The third-order valence-electron chi connectivity index (χ3n) is 4.51. The number of amides is 1. The highest BCUT2D eigenvalue weighted by atomic mass is 35.5. The van der Waals surface area contributed by atoms with Gasteiger partial charge in [0.05, 0.1) is 5.54 Å². The molecule has 0 aliphatic carbocycles. The molecule has 2 aromatic carbocycles. The summed E-state index contributed by atoms with van der Waals surface area (Å²) in [6.07, 6.45) is 0.956. The van der Waals surface area contributed by atoms with E-state index in [-0.39, 0.29) is 23.9 Å². The fraction of sp³-hybridized carbons (Fsp3) is 0.300. The van der Waals surface area contributed by atoms with Gasteiger partial charge < -0.3 is 11.1 Å². The normalized spacial score (nSPS) is 19.2. The Morgan fingerprint density at radius 1 is 1.27 bits per heavy atom. The summed E-state index contributed by atoms with van der Waals surface area (Å²) in [5, 5.41) is 3.63. The number of nitrogens with one attached hydrogen (secondary N) is 1. The summed E-state index contributed by atoms with van der Waals surface area (Å²) in [7, 11) is 0. The quantitative estimate of drug-likeness (QED) is 0.829. The first-order valence-electron chi connectivity index (χ1n) is 8.39. The van der Waals surface area contributed by atoms with Gasteiger partial charge in [-0.3, -0.25) is 9.79 Å². The van der Waals surface area contributed by atoms with Crippen molar-refractivity contribution in [2.75, 3.05) is 5.75 Å². The number of nitrogens with two attached hydrogens (primary N) is 1. The molecule has 0 radical (unpaired) electrons. The van der Waals surface area contributed by atoms with Crippen LogP contribution in [0.25, 0.3) is 0 Å². The van der Waals surface area contributed by atoms with Crippen LogP contribution in [0.4, 0.5) is 0 Å². The average Bonchev–Trinajstić information content (AvgIpc) is 2.60. The number of aryl methyl sites for hydroxylation is 1. The maximum absolute atomic E-state index is 12.3. The van der Waals surface area contributed by atoms with Crippen LogP contribution < -0.4 is 11.1 Å². The molecule has 0 saturated carbocycles. The van der Waals surface area contributed by atoms with Crippen LogP contribution in [0, 0.1) is 6.92 Å². The lowest BCUT2D eigenvalue weighted by Crippen LogP contribution is -2.29. The summed E-state index contributed by atoms with van der Waals surface area (Å²) in [6, 6.07) is 15.8. The summed E-state index contributed by atoms with van der Waals surface area (Å²) in [6.45, 7) is 4.61. The Kier molecular flexibility index (Phi) is 6.73. The van der Waals surface area contributed by atoms with E-state index in [1.165, 1.54) is 0 Å². The van der Waals surface area contributed by atoms with Crippen molar-refractivity contribution < 1.29 is 4.79 Å². The van der Waals surface area contributed by atoms with Gasteiger partial charge in [0.25, 0.3) is 5.91 Å². The first kappa shape index (κ1) is 20.3. The first-order valence-corrected chi connectivity index (χ1v) is 9.37. The van der Waals surface area contributed by atoms with Crippen LogP contribution in [0.3, 0.4) is 0 Å². The molecule has 1 atom stereocenters. The Morgan fingerprint density at radius 2 is 2.00 bits per heavy atom. The van der Waals surface area contributed by atoms with Crippen LogP contribution in [-0.2, 0) is 12.1 Å². The molecule has 1 heterocycles. The molecular formula is C20H24ClN3OS. The van der Waals surface area contributed by atoms with Gasteiger partial charge in [0.2, 0.25) is 0 Å². The van der Waals surface area contributed by atoms with E-state index in [2.05, 4.69) is 29.4 Å². The molecule has 1 aliphatic heterocycles. The molecular weight excluding hydrogens is 366 g/mol. The molecule has 1 amide bonds. The molecule has 138 valence electrons. The Balaban J connectivity index is 0.00000243. The zero-order chi connectivity index (χ0) is 17.9. The van der Waals surface area contributed by atoms with E-state index in [9.17, 15) is 4.79 Å². The largest absolute Gasteiger partial charge is 0.379 e. The van der Waals surface area contributed by atoms with E-state index < -0.39 is 0 Å². The highest BCUT2D eigenvalue weighted by Gasteiger charge is 2.29. The van der Waals surface area contributed by atoms with Gasteiger partial charge in [0.1, 0.15) is 0 Å². The van der Waals surface area contributed by atoms with Gasteiger partial charge in [-0.05, 0) is 43.5 Å². The minimum atomic E-state index is -0.285. The third-order valence-corrected chi connectivity index (χ3v) is 5.31. The molecule has 1 unspecified atom stereocenters. The second-order valence-electron chi connectivity index (χ2n) is 6.57. The Morgan fingerprint density at radius 3 is 2.69 bits per heavy atom. The van der Waals surface area contributed by atoms with E-state index in [0.717, 1.165) is 28.9 Å². The van der Waals surface area contributed by atoms with Crippen LogP contribution in [0.15, 0.2) is 53.5 Å². The Labute approximate surface area is 165 Å². The lowest BCUT2D eigenvalue weighted by molar-refractivity contribution is 0.0951. The van der Waals surface area contributed by atoms with Crippen molar-refractivity contribution in [2.45, 2.75) is 32.4 Å². The predicted molar refractivity (Wildman–Crippen MR) is 112 cm³/mol. The molecule has 0 fully saturated rings. The maximum Gasteiger partial charge on any atom is 0.251 e. The topological polar surface area (TPSA) is 67.5 Å². The Hall–Kier alpha value is -1.98. The Bertz CT molecular complexity index is 807. The molecule has 2 aromatic rings. The number of aliphatic imine (C=N–C) groups is 1. The monoisotopic (exact) mass is 389 g/mol. The zero-order valence-electron chi connectivity index (χ0n) is 15.0. The van der Waals surface area contributed by atoms with Crippen LogP contribution in [0.2, 0.25) is 0 Å². The van der Waals surface area contributed by atoms with Gasteiger partial charge in [-0.1, -0.05) is 53.7 Å². The molecule has 0 bridgehead atoms. The fourth-order valence-corrected chi connectivity index (χ4v) is 3.87. The van der Waals surface area contributed by atoms with Crippen molar-refractivity contribution in [1.29, 1.82) is 0 Å². The zero-order valence-corrected chi connectivity index (χ0v) is 16.6. The summed E-state index contributed by atoms with van der Waals surface area (Å²) in [5.74, 6) is 0.910. The smallest absolute Gasteiger partial charge is 0.251 e. The second-order valence-corrected chi connectivity index (χ2v) is 7.69. The number of benzene rings is 2. The summed E-state index contributed by atoms with van der Waals surface area (Å²) < 4.78 is 0. The van der Waals surface area contributed by atoms with Crippen LogP contribution in [0.5, 0.6) is 0 Å². The van der Waals surface area contributed by atoms with Gasteiger partial charge in [-0.15, -0.1) is 12.4 Å². The SMILES string of the molecule is Cc1ccc(C(=O)NCc2cccc(C3(C)CCSC(N)=N3)c2)cc1.Cl. The van der Waals surface area contributed by atoms with E-state index in [1.807, 2.05) is 43.3 Å². The standard InChI is InChI=1S/C20H23N3OS.ClH/c1-14-6-8-16(9-7-14)18(24)22-13-15-4-3-5-17(12-15)20(2)10-11-25-19(21)23-20;/h3-9,12H,10-11,13H2,1-2H3,(H2,21,23)(H,22,24);1H. The average molecular weight is 390 g/mol. The van der Waals surface area contributed by atoms with E-state index in [4.69, 9.17) is 5.73 Å². The number of halogens is 1. The third kappa shape index (κ3) is 4.80. The highest BCUT2D eigenvalue weighted by molar-refractivity contribution is 8.13. The van der Waals surface area contributed by atoms with Crippen LogP contribution in [0.1, 0.15) is 40.4 Å². The van der Waals surface area contributed by atoms with E-state index >= 15 is 0 Å². The number of rotatable bonds is 4. The minimum absolute atomic E-state index is 0. The number of nitrogens with zero attached hydrogens (tertiary/aromatic N) is 1. The van der Waals surface area contributed by atoms with Gasteiger partial charge in [-0.2, -0.15) is 0 Å². The predicted octanol–water partition coefficient (Wildman–Crippen LogP) is 4.01. The number of hydrogen-bond acceptors (Lipinski definition) is 4. The second kappa shape index (κ2) is 8.60. The lowest BCUT2D eigenvalue weighted by Gasteiger charge is -2.30. The van der Waals surface area contributed by atoms with Crippen molar-refractivity contribution >= 4 is 35.2 Å². The van der Waals surface area contributed by atoms with E-state index in [0.29, 0.717) is 17.3 Å². The summed E-state index contributed by atoms with van der Waals surface area (Å²) >= 11 is 1.60. The molecule has 4 nitrogen and oxygen atoms in total. The molecule has 0 spiro atoms. The molecule has 26 heavy (non-hydrogen) atoms. The number of carbonyl (C=O) groups excluding carboxylic acids is 1. The maximum atomic E-state index is 12.3. The molecule has 1 aliphatic rings. The number of carbonyl (C=O) groups is 1. The molecule has 6 heteroatoms. The lowest BCUT2D eigenvalue weighted by atomic mass is 9.89.